The third kappa shape index (κ3) is 4.20. The molecule has 1 heterocycles. The summed E-state index contributed by atoms with van der Waals surface area (Å²) in [6.07, 6.45) is 8.16. The van der Waals surface area contributed by atoms with Crippen molar-refractivity contribution >= 4 is 5.91 Å². The number of hydrogen-bond donors (Lipinski definition) is 1. The molecule has 1 amide bonds. The molecule has 1 saturated heterocycles. The van der Waals surface area contributed by atoms with Crippen molar-refractivity contribution in [1.82, 2.24) is 10.2 Å². The number of nitrogens with zero attached hydrogens (tertiary/aromatic N) is 1. The summed E-state index contributed by atoms with van der Waals surface area (Å²) in [5.74, 6) is 0.870. The Hall–Kier alpha value is -0.570. The van der Waals surface area contributed by atoms with E-state index in [0.29, 0.717) is 5.92 Å². The first-order chi connectivity index (χ1) is 8.97. The summed E-state index contributed by atoms with van der Waals surface area (Å²) in [7, 11) is 0. The second kappa shape index (κ2) is 6.25. The molecule has 0 aromatic rings. The zero-order valence-corrected chi connectivity index (χ0v) is 12.9. The van der Waals surface area contributed by atoms with Gasteiger partial charge in [0.15, 0.2) is 0 Å². The largest absolute Gasteiger partial charge is 0.355 e. The molecule has 0 bridgehead atoms. The van der Waals surface area contributed by atoms with E-state index in [4.69, 9.17) is 0 Å². The van der Waals surface area contributed by atoms with Crippen LogP contribution in [0.2, 0.25) is 0 Å². The molecule has 0 spiro atoms. The van der Waals surface area contributed by atoms with Gasteiger partial charge in [-0.05, 0) is 44.7 Å². The Labute approximate surface area is 118 Å². The Morgan fingerprint density at radius 2 is 1.68 bits per heavy atom. The number of amides is 1. The monoisotopic (exact) mass is 266 g/mol. The number of hydrogen-bond acceptors (Lipinski definition) is 2. The summed E-state index contributed by atoms with van der Waals surface area (Å²) in [6.45, 7) is 9.27. The van der Waals surface area contributed by atoms with Crippen LogP contribution < -0.4 is 5.32 Å². The van der Waals surface area contributed by atoms with E-state index in [0.717, 1.165) is 12.6 Å². The highest BCUT2D eigenvalue weighted by molar-refractivity contribution is 5.81. The summed E-state index contributed by atoms with van der Waals surface area (Å²) < 4.78 is 0. The summed E-state index contributed by atoms with van der Waals surface area (Å²) >= 11 is 0. The number of likely N-dealkylation sites (tertiary alicyclic amines) is 1. The zero-order chi connectivity index (χ0) is 13.9. The molecular weight excluding hydrogens is 236 g/mol. The molecule has 1 N–H and O–H groups in total. The third-order valence-electron chi connectivity index (χ3n) is 4.72. The van der Waals surface area contributed by atoms with Crippen LogP contribution in [0.15, 0.2) is 0 Å². The minimum atomic E-state index is -0.259. The molecule has 3 nitrogen and oxygen atoms in total. The normalized spacial score (nSPS) is 23.7. The van der Waals surface area contributed by atoms with Crippen molar-refractivity contribution in [3.05, 3.63) is 0 Å². The van der Waals surface area contributed by atoms with Gasteiger partial charge < -0.3 is 10.2 Å². The quantitative estimate of drug-likeness (QED) is 0.852. The fourth-order valence-corrected chi connectivity index (χ4v) is 3.29. The van der Waals surface area contributed by atoms with Crippen molar-refractivity contribution in [1.29, 1.82) is 0 Å². The summed E-state index contributed by atoms with van der Waals surface area (Å²) in [5.41, 5.74) is -0.259. The molecule has 110 valence electrons. The fraction of sp³-hybridized carbons (Fsp3) is 0.938. The molecule has 0 aromatic heterocycles. The molecule has 0 atom stereocenters. The Bertz CT molecular complexity index is 294. The summed E-state index contributed by atoms with van der Waals surface area (Å²) in [4.78, 5) is 14.5. The van der Waals surface area contributed by atoms with Gasteiger partial charge in [-0.1, -0.05) is 33.6 Å². The highest BCUT2D eigenvalue weighted by Gasteiger charge is 2.28. The van der Waals surface area contributed by atoms with Crippen LogP contribution in [-0.4, -0.2) is 36.5 Å². The topological polar surface area (TPSA) is 32.3 Å². The Morgan fingerprint density at radius 3 is 2.21 bits per heavy atom. The molecule has 1 saturated carbocycles. The van der Waals surface area contributed by atoms with Crippen molar-refractivity contribution < 1.29 is 4.79 Å². The lowest BCUT2D eigenvalue weighted by Gasteiger charge is -2.36. The maximum atomic E-state index is 11.9. The number of carbonyl (C=O) groups is 1. The van der Waals surface area contributed by atoms with Crippen LogP contribution in [-0.2, 0) is 4.79 Å². The maximum absolute atomic E-state index is 11.9. The first-order valence-corrected chi connectivity index (χ1v) is 7.99. The predicted molar refractivity (Wildman–Crippen MR) is 79.0 cm³/mol. The van der Waals surface area contributed by atoms with Crippen molar-refractivity contribution in [2.24, 2.45) is 11.3 Å². The van der Waals surface area contributed by atoms with Crippen molar-refractivity contribution in [2.45, 2.75) is 65.3 Å². The van der Waals surface area contributed by atoms with Crippen LogP contribution >= 0.6 is 0 Å². The molecular formula is C16H30N2O. The molecule has 1 aliphatic carbocycles. The SMILES string of the molecule is CC(C)(C)C(=O)NCC1CCN(C2CCCC2)CC1. The molecule has 3 heteroatoms. The van der Waals surface area contributed by atoms with Gasteiger partial charge in [0.1, 0.15) is 0 Å². The summed E-state index contributed by atoms with van der Waals surface area (Å²) in [5, 5.41) is 3.12. The van der Waals surface area contributed by atoms with Crippen molar-refractivity contribution in [3.8, 4) is 0 Å². The van der Waals surface area contributed by atoms with E-state index in [1.807, 2.05) is 20.8 Å². The van der Waals surface area contributed by atoms with Gasteiger partial charge in [0, 0.05) is 18.0 Å². The smallest absolute Gasteiger partial charge is 0.225 e. The van der Waals surface area contributed by atoms with Crippen LogP contribution in [0, 0.1) is 11.3 Å². The fourth-order valence-electron chi connectivity index (χ4n) is 3.29. The van der Waals surface area contributed by atoms with Crippen LogP contribution in [0.1, 0.15) is 59.3 Å². The summed E-state index contributed by atoms with van der Waals surface area (Å²) in [6, 6.07) is 0.866. The van der Waals surface area contributed by atoms with E-state index in [9.17, 15) is 4.79 Å². The number of rotatable bonds is 3. The molecule has 2 aliphatic rings. The van der Waals surface area contributed by atoms with Gasteiger partial charge in [-0.3, -0.25) is 4.79 Å². The van der Waals surface area contributed by atoms with Gasteiger partial charge >= 0.3 is 0 Å². The molecule has 0 aromatic carbocycles. The van der Waals surface area contributed by atoms with Crippen LogP contribution in [0.25, 0.3) is 0 Å². The van der Waals surface area contributed by atoms with E-state index >= 15 is 0 Å². The lowest BCUT2D eigenvalue weighted by atomic mass is 9.93. The van der Waals surface area contributed by atoms with Gasteiger partial charge in [0.05, 0.1) is 0 Å². The van der Waals surface area contributed by atoms with Gasteiger partial charge in [0.25, 0.3) is 0 Å². The van der Waals surface area contributed by atoms with Crippen LogP contribution in [0.3, 0.4) is 0 Å². The van der Waals surface area contributed by atoms with Gasteiger partial charge in [-0.2, -0.15) is 0 Å². The van der Waals surface area contributed by atoms with E-state index in [1.54, 1.807) is 0 Å². The lowest BCUT2D eigenvalue weighted by Crippen LogP contribution is -2.44. The number of carbonyl (C=O) groups excluding carboxylic acids is 1. The van der Waals surface area contributed by atoms with Crippen LogP contribution in [0.5, 0.6) is 0 Å². The second-order valence-electron chi connectivity index (χ2n) is 7.38. The number of piperidine rings is 1. The highest BCUT2D eigenvalue weighted by Crippen LogP contribution is 2.27. The van der Waals surface area contributed by atoms with Crippen LogP contribution in [0.4, 0.5) is 0 Å². The number of nitrogens with one attached hydrogen (secondary N) is 1. The Balaban J connectivity index is 1.67. The minimum absolute atomic E-state index is 0.186. The average molecular weight is 266 g/mol. The molecule has 19 heavy (non-hydrogen) atoms. The molecule has 0 unspecified atom stereocenters. The highest BCUT2D eigenvalue weighted by atomic mass is 16.2. The lowest BCUT2D eigenvalue weighted by molar-refractivity contribution is -0.128. The van der Waals surface area contributed by atoms with Gasteiger partial charge in [0.2, 0.25) is 5.91 Å². The zero-order valence-electron chi connectivity index (χ0n) is 12.9. The standard InChI is InChI=1S/C16H30N2O/c1-16(2,3)15(19)17-12-13-8-10-18(11-9-13)14-6-4-5-7-14/h13-14H,4-12H2,1-3H3,(H,17,19). The second-order valence-corrected chi connectivity index (χ2v) is 7.38. The van der Waals surface area contributed by atoms with Gasteiger partial charge in [-0.25, -0.2) is 0 Å². The maximum Gasteiger partial charge on any atom is 0.225 e. The molecule has 2 fully saturated rings. The first kappa shape index (κ1) is 14.8. The predicted octanol–water partition coefficient (Wildman–Crippen LogP) is 2.80. The average Bonchev–Trinajstić information content (AvgIpc) is 2.89. The van der Waals surface area contributed by atoms with E-state index in [2.05, 4.69) is 10.2 Å². The first-order valence-electron chi connectivity index (χ1n) is 7.99. The van der Waals surface area contributed by atoms with Crippen molar-refractivity contribution in [2.75, 3.05) is 19.6 Å². The third-order valence-corrected chi connectivity index (χ3v) is 4.72. The van der Waals surface area contributed by atoms with E-state index < -0.39 is 0 Å². The minimum Gasteiger partial charge on any atom is -0.355 e. The van der Waals surface area contributed by atoms with E-state index in [-0.39, 0.29) is 11.3 Å². The molecule has 1 aliphatic heterocycles. The Kier molecular flexibility index (Phi) is 4.88. The molecule has 0 radical (unpaired) electrons. The van der Waals surface area contributed by atoms with Crippen molar-refractivity contribution in [3.63, 3.8) is 0 Å². The van der Waals surface area contributed by atoms with E-state index in [1.165, 1.54) is 51.6 Å². The Morgan fingerprint density at radius 1 is 1.11 bits per heavy atom. The molecule has 2 rings (SSSR count). The van der Waals surface area contributed by atoms with Gasteiger partial charge in [-0.15, -0.1) is 0 Å².